The Bertz CT molecular complexity index is 431. The molecule has 1 amide bonds. The molecule has 1 atom stereocenters. The van der Waals surface area contributed by atoms with Gasteiger partial charge in [0.05, 0.1) is 0 Å². The number of amides is 1. The second kappa shape index (κ2) is 4.73. The summed E-state index contributed by atoms with van der Waals surface area (Å²) in [6, 6.07) is 10.6. The van der Waals surface area contributed by atoms with Crippen molar-refractivity contribution in [2.24, 2.45) is 5.41 Å². The molecule has 3 heteroatoms. The zero-order valence-electron chi connectivity index (χ0n) is 10.7. The Balaban J connectivity index is 1.66. The second-order valence-electron chi connectivity index (χ2n) is 5.75. The molecular weight excluding hydrogens is 224 g/mol. The Morgan fingerprint density at radius 1 is 1.28 bits per heavy atom. The number of hydrogen-bond acceptors (Lipinski definition) is 2. The molecule has 18 heavy (non-hydrogen) atoms. The van der Waals surface area contributed by atoms with Crippen molar-refractivity contribution in [2.75, 3.05) is 19.6 Å². The summed E-state index contributed by atoms with van der Waals surface area (Å²) in [4.78, 5) is 14.0. The highest BCUT2D eigenvalue weighted by atomic mass is 16.1. The molecule has 1 aromatic carbocycles. The molecule has 0 saturated carbocycles. The number of piperidine rings is 1. The lowest BCUT2D eigenvalue weighted by Crippen LogP contribution is -2.43. The molecule has 1 N–H and O–H groups in total. The monoisotopic (exact) mass is 244 g/mol. The number of hydrogen-bond donors (Lipinski definition) is 1. The van der Waals surface area contributed by atoms with Crippen LogP contribution in [0.3, 0.4) is 0 Å². The van der Waals surface area contributed by atoms with E-state index in [2.05, 4.69) is 40.5 Å². The third kappa shape index (κ3) is 2.41. The van der Waals surface area contributed by atoms with E-state index in [1.54, 1.807) is 0 Å². The molecule has 2 heterocycles. The van der Waals surface area contributed by atoms with E-state index in [9.17, 15) is 4.79 Å². The number of nitrogens with zero attached hydrogens (tertiary/aromatic N) is 1. The van der Waals surface area contributed by atoms with Crippen LogP contribution in [0.5, 0.6) is 0 Å². The third-order valence-corrected chi connectivity index (χ3v) is 4.19. The van der Waals surface area contributed by atoms with Crippen LogP contribution in [0.1, 0.15) is 24.8 Å². The fourth-order valence-electron chi connectivity index (χ4n) is 3.33. The fraction of sp³-hybridized carbons (Fsp3) is 0.533. The minimum atomic E-state index is 0.212. The maximum atomic E-state index is 11.5. The van der Waals surface area contributed by atoms with Crippen LogP contribution >= 0.6 is 0 Å². The van der Waals surface area contributed by atoms with Crippen molar-refractivity contribution in [3.05, 3.63) is 35.9 Å². The van der Waals surface area contributed by atoms with E-state index in [0.29, 0.717) is 0 Å². The van der Waals surface area contributed by atoms with Crippen LogP contribution in [0.25, 0.3) is 0 Å². The molecule has 2 aliphatic rings. The first kappa shape index (κ1) is 11.7. The maximum Gasteiger partial charge on any atom is 0.220 e. The lowest BCUT2D eigenvalue weighted by Gasteiger charge is -2.39. The minimum absolute atomic E-state index is 0.212. The molecule has 0 aromatic heterocycles. The quantitative estimate of drug-likeness (QED) is 0.860. The van der Waals surface area contributed by atoms with Crippen molar-refractivity contribution in [3.8, 4) is 0 Å². The summed E-state index contributed by atoms with van der Waals surface area (Å²) in [5.74, 6) is 0.233. The molecule has 0 radical (unpaired) electrons. The number of likely N-dealkylation sites (tertiary alicyclic amines) is 1. The van der Waals surface area contributed by atoms with Gasteiger partial charge in [-0.15, -0.1) is 0 Å². The van der Waals surface area contributed by atoms with Crippen molar-refractivity contribution in [3.63, 3.8) is 0 Å². The Morgan fingerprint density at radius 2 is 2.11 bits per heavy atom. The van der Waals surface area contributed by atoms with Gasteiger partial charge in [0.1, 0.15) is 0 Å². The average molecular weight is 244 g/mol. The highest BCUT2D eigenvalue weighted by molar-refractivity contribution is 5.79. The Labute approximate surface area is 108 Å². The van der Waals surface area contributed by atoms with Crippen LogP contribution in [0.15, 0.2) is 30.3 Å². The summed E-state index contributed by atoms with van der Waals surface area (Å²) in [6.45, 7) is 4.10. The number of carbonyl (C=O) groups is 1. The van der Waals surface area contributed by atoms with Crippen LogP contribution in [-0.2, 0) is 11.3 Å². The lowest BCUT2D eigenvalue weighted by molar-refractivity contribution is -0.119. The molecule has 2 saturated heterocycles. The van der Waals surface area contributed by atoms with Gasteiger partial charge in [-0.1, -0.05) is 30.3 Å². The Morgan fingerprint density at radius 3 is 2.83 bits per heavy atom. The topological polar surface area (TPSA) is 32.3 Å². The number of benzene rings is 1. The first-order valence-electron chi connectivity index (χ1n) is 6.79. The van der Waals surface area contributed by atoms with E-state index in [1.807, 2.05) is 0 Å². The molecule has 0 bridgehead atoms. The van der Waals surface area contributed by atoms with E-state index in [4.69, 9.17) is 0 Å². The van der Waals surface area contributed by atoms with Crippen LogP contribution in [0, 0.1) is 5.41 Å². The van der Waals surface area contributed by atoms with E-state index < -0.39 is 0 Å². The van der Waals surface area contributed by atoms with E-state index >= 15 is 0 Å². The average Bonchev–Trinajstić information content (AvgIpc) is 2.72. The number of nitrogens with one attached hydrogen (secondary N) is 1. The molecule has 3 nitrogen and oxygen atoms in total. The third-order valence-electron chi connectivity index (χ3n) is 4.19. The van der Waals surface area contributed by atoms with Crippen molar-refractivity contribution < 1.29 is 4.79 Å². The van der Waals surface area contributed by atoms with Gasteiger partial charge in [0.2, 0.25) is 5.91 Å². The zero-order chi connectivity index (χ0) is 12.4. The van der Waals surface area contributed by atoms with Gasteiger partial charge < -0.3 is 5.32 Å². The van der Waals surface area contributed by atoms with Gasteiger partial charge in [-0.2, -0.15) is 0 Å². The Kier molecular flexibility index (Phi) is 3.08. The highest BCUT2D eigenvalue weighted by Gasteiger charge is 2.41. The van der Waals surface area contributed by atoms with E-state index in [-0.39, 0.29) is 11.3 Å². The fourth-order valence-corrected chi connectivity index (χ4v) is 3.33. The largest absolute Gasteiger partial charge is 0.355 e. The van der Waals surface area contributed by atoms with Crippen molar-refractivity contribution >= 4 is 5.91 Å². The van der Waals surface area contributed by atoms with E-state index in [0.717, 1.165) is 32.6 Å². The summed E-state index contributed by atoms with van der Waals surface area (Å²) < 4.78 is 0. The molecule has 3 rings (SSSR count). The smallest absolute Gasteiger partial charge is 0.220 e. The van der Waals surface area contributed by atoms with Crippen LogP contribution in [0.4, 0.5) is 0 Å². The van der Waals surface area contributed by atoms with Crippen LogP contribution < -0.4 is 5.32 Å². The molecule has 1 aromatic rings. The summed E-state index contributed by atoms with van der Waals surface area (Å²) in [5, 5.41) is 3.00. The van der Waals surface area contributed by atoms with Gasteiger partial charge in [-0.05, 0) is 24.9 Å². The minimum Gasteiger partial charge on any atom is -0.355 e. The highest BCUT2D eigenvalue weighted by Crippen LogP contribution is 2.36. The summed E-state index contributed by atoms with van der Waals surface area (Å²) in [6.07, 6.45) is 3.12. The predicted octanol–water partition coefficient (Wildman–Crippen LogP) is 1.79. The van der Waals surface area contributed by atoms with Gasteiger partial charge in [-0.25, -0.2) is 0 Å². The predicted molar refractivity (Wildman–Crippen MR) is 71.0 cm³/mol. The molecule has 96 valence electrons. The first-order valence-corrected chi connectivity index (χ1v) is 6.79. The number of carbonyl (C=O) groups excluding carboxylic acids is 1. The summed E-state index contributed by atoms with van der Waals surface area (Å²) >= 11 is 0. The molecule has 1 spiro atoms. The standard InChI is InChI=1S/C15H20N2O/c18-14-9-15(11-16-14)7-4-8-17(12-15)10-13-5-2-1-3-6-13/h1-3,5-6H,4,7-12H2,(H,16,18)/t15-/m0/s1. The first-order chi connectivity index (χ1) is 8.76. The summed E-state index contributed by atoms with van der Waals surface area (Å²) in [7, 11) is 0. The van der Waals surface area contributed by atoms with Crippen LogP contribution in [0.2, 0.25) is 0 Å². The van der Waals surface area contributed by atoms with Crippen molar-refractivity contribution in [1.29, 1.82) is 0 Å². The van der Waals surface area contributed by atoms with Gasteiger partial charge in [0, 0.05) is 31.5 Å². The lowest BCUT2D eigenvalue weighted by atomic mass is 9.79. The second-order valence-corrected chi connectivity index (χ2v) is 5.75. The maximum absolute atomic E-state index is 11.5. The van der Waals surface area contributed by atoms with Gasteiger partial charge in [-0.3, -0.25) is 9.69 Å². The molecular formula is C15H20N2O. The SMILES string of the molecule is O=C1C[C@@]2(CCCN(Cc3ccccc3)C2)CN1. The van der Waals surface area contributed by atoms with Gasteiger partial charge in [0.25, 0.3) is 0 Å². The van der Waals surface area contributed by atoms with Crippen LogP contribution in [-0.4, -0.2) is 30.4 Å². The zero-order valence-corrected chi connectivity index (χ0v) is 10.7. The van der Waals surface area contributed by atoms with Gasteiger partial charge in [0.15, 0.2) is 0 Å². The van der Waals surface area contributed by atoms with Crippen molar-refractivity contribution in [1.82, 2.24) is 10.2 Å². The molecule has 0 aliphatic carbocycles. The van der Waals surface area contributed by atoms with E-state index in [1.165, 1.54) is 18.4 Å². The normalized spacial score (nSPS) is 28.6. The molecule has 2 aliphatic heterocycles. The molecule has 0 unspecified atom stereocenters. The Hall–Kier alpha value is -1.35. The van der Waals surface area contributed by atoms with Crippen molar-refractivity contribution in [2.45, 2.75) is 25.8 Å². The van der Waals surface area contributed by atoms with Gasteiger partial charge >= 0.3 is 0 Å². The number of rotatable bonds is 2. The molecule has 2 fully saturated rings. The summed E-state index contributed by atoms with van der Waals surface area (Å²) in [5.41, 5.74) is 1.58.